The van der Waals surface area contributed by atoms with Crippen molar-refractivity contribution in [2.24, 2.45) is 0 Å². The third-order valence-electron chi connectivity index (χ3n) is 4.76. The van der Waals surface area contributed by atoms with Gasteiger partial charge >= 0.3 is 0 Å². The van der Waals surface area contributed by atoms with E-state index in [1.54, 1.807) is 0 Å². The van der Waals surface area contributed by atoms with Gasteiger partial charge in [0, 0.05) is 30.5 Å². The first-order valence-electron chi connectivity index (χ1n) is 9.28. The molecule has 0 aliphatic carbocycles. The molecule has 4 nitrogen and oxygen atoms in total. The molecular weight excluding hydrogens is 320 g/mol. The predicted molar refractivity (Wildman–Crippen MR) is 107 cm³/mol. The first kappa shape index (κ1) is 16.6. The number of anilines is 3. The van der Waals surface area contributed by atoms with Gasteiger partial charge in [0.05, 0.1) is 0 Å². The molecule has 1 aliphatic heterocycles. The summed E-state index contributed by atoms with van der Waals surface area (Å²) in [4.78, 5) is 11.7. The zero-order valence-corrected chi connectivity index (χ0v) is 15.2. The number of fused-ring (bicyclic) bond motifs is 1. The van der Waals surface area contributed by atoms with Crippen molar-refractivity contribution in [3.63, 3.8) is 0 Å². The Kier molecular flexibility index (Phi) is 4.82. The van der Waals surface area contributed by atoms with Crippen molar-refractivity contribution in [3.05, 3.63) is 77.5 Å². The molecule has 0 saturated heterocycles. The van der Waals surface area contributed by atoms with Gasteiger partial charge in [-0.15, -0.1) is 0 Å². The van der Waals surface area contributed by atoms with Crippen molar-refractivity contribution < 1.29 is 0 Å². The van der Waals surface area contributed by atoms with Crippen molar-refractivity contribution in [2.75, 3.05) is 23.3 Å². The molecule has 1 aromatic heterocycles. The summed E-state index contributed by atoms with van der Waals surface area (Å²) in [5, 5.41) is 3.46. The Balaban J connectivity index is 1.52. The van der Waals surface area contributed by atoms with E-state index in [2.05, 4.69) is 58.7 Å². The van der Waals surface area contributed by atoms with Crippen LogP contribution in [0.4, 0.5) is 17.5 Å². The largest absolute Gasteiger partial charge is 0.370 e. The van der Waals surface area contributed by atoms with Crippen LogP contribution in [0.15, 0.2) is 60.7 Å². The standard InChI is InChI=1S/C22H24N4/c1-17-16-21(23-14-13-18-8-3-2-4-9-18)25-22(24-17)26-15-7-11-19-10-5-6-12-20(19)26/h2-6,8-10,12,16H,7,11,13-15H2,1H3,(H,23,24,25). The number of aromatic nitrogens is 2. The lowest BCUT2D eigenvalue weighted by Gasteiger charge is -2.29. The zero-order valence-electron chi connectivity index (χ0n) is 15.2. The Hall–Kier alpha value is -2.88. The molecule has 4 heteroatoms. The lowest BCUT2D eigenvalue weighted by molar-refractivity contribution is 0.749. The zero-order chi connectivity index (χ0) is 17.8. The Morgan fingerprint density at radius 3 is 2.69 bits per heavy atom. The van der Waals surface area contributed by atoms with Crippen molar-refractivity contribution >= 4 is 17.5 Å². The summed E-state index contributed by atoms with van der Waals surface area (Å²) < 4.78 is 0. The summed E-state index contributed by atoms with van der Waals surface area (Å²) in [7, 11) is 0. The van der Waals surface area contributed by atoms with E-state index >= 15 is 0 Å². The van der Waals surface area contributed by atoms with Gasteiger partial charge in [-0.3, -0.25) is 0 Å². The van der Waals surface area contributed by atoms with E-state index in [4.69, 9.17) is 9.97 Å². The summed E-state index contributed by atoms with van der Waals surface area (Å²) in [6, 6.07) is 21.1. The van der Waals surface area contributed by atoms with Gasteiger partial charge in [0.25, 0.3) is 0 Å². The monoisotopic (exact) mass is 344 g/mol. The number of hydrogen-bond acceptors (Lipinski definition) is 4. The average molecular weight is 344 g/mol. The van der Waals surface area contributed by atoms with Crippen molar-refractivity contribution in [3.8, 4) is 0 Å². The third kappa shape index (κ3) is 3.69. The second-order valence-corrected chi connectivity index (χ2v) is 6.74. The molecule has 0 fully saturated rings. The number of aryl methyl sites for hydroxylation is 2. The molecule has 0 amide bonds. The van der Waals surface area contributed by atoms with E-state index in [0.717, 1.165) is 49.8 Å². The first-order chi connectivity index (χ1) is 12.8. The molecule has 0 radical (unpaired) electrons. The molecule has 2 aromatic carbocycles. The van der Waals surface area contributed by atoms with Crippen LogP contribution in [0.5, 0.6) is 0 Å². The topological polar surface area (TPSA) is 41.1 Å². The molecule has 0 bridgehead atoms. The van der Waals surface area contributed by atoms with Gasteiger partial charge in [-0.1, -0.05) is 48.5 Å². The van der Waals surface area contributed by atoms with E-state index < -0.39 is 0 Å². The fourth-order valence-corrected chi connectivity index (χ4v) is 3.49. The summed E-state index contributed by atoms with van der Waals surface area (Å²) in [6.45, 7) is 3.85. The molecule has 3 aromatic rings. The van der Waals surface area contributed by atoms with Crippen LogP contribution in [0.1, 0.15) is 23.2 Å². The van der Waals surface area contributed by atoms with E-state index in [0.29, 0.717) is 0 Å². The van der Waals surface area contributed by atoms with Crippen LogP contribution in [-0.2, 0) is 12.8 Å². The molecule has 0 spiro atoms. The van der Waals surface area contributed by atoms with E-state index in [1.165, 1.54) is 16.8 Å². The van der Waals surface area contributed by atoms with Crippen LogP contribution < -0.4 is 10.2 Å². The number of para-hydroxylation sites is 1. The van der Waals surface area contributed by atoms with Crippen LogP contribution in [0, 0.1) is 6.92 Å². The maximum absolute atomic E-state index is 4.79. The normalized spacial score (nSPS) is 13.3. The molecular formula is C22H24N4. The molecule has 4 rings (SSSR count). The summed E-state index contributed by atoms with van der Waals surface area (Å²) >= 11 is 0. The minimum absolute atomic E-state index is 0.791. The van der Waals surface area contributed by atoms with Gasteiger partial charge in [0.15, 0.2) is 0 Å². The molecule has 132 valence electrons. The highest BCUT2D eigenvalue weighted by Gasteiger charge is 2.20. The highest BCUT2D eigenvalue weighted by molar-refractivity contribution is 5.64. The SMILES string of the molecule is Cc1cc(NCCc2ccccc2)nc(N2CCCc3ccccc32)n1. The van der Waals surface area contributed by atoms with E-state index in [9.17, 15) is 0 Å². The van der Waals surface area contributed by atoms with E-state index in [1.807, 2.05) is 19.1 Å². The van der Waals surface area contributed by atoms with Gasteiger partial charge < -0.3 is 10.2 Å². The maximum atomic E-state index is 4.79. The highest BCUT2D eigenvalue weighted by Crippen LogP contribution is 2.31. The average Bonchev–Trinajstić information content (AvgIpc) is 2.68. The smallest absolute Gasteiger partial charge is 0.232 e. The summed E-state index contributed by atoms with van der Waals surface area (Å²) in [5.74, 6) is 1.69. The van der Waals surface area contributed by atoms with Crippen LogP contribution in [0.3, 0.4) is 0 Å². The van der Waals surface area contributed by atoms with Crippen LogP contribution in [0.25, 0.3) is 0 Å². The van der Waals surface area contributed by atoms with Gasteiger partial charge in [-0.25, -0.2) is 4.98 Å². The molecule has 26 heavy (non-hydrogen) atoms. The number of nitrogens with one attached hydrogen (secondary N) is 1. The van der Waals surface area contributed by atoms with Crippen LogP contribution in [0.2, 0.25) is 0 Å². The molecule has 0 atom stereocenters. The van der Waals surface area contributed by atoms with E-state index in [-0.39, 0.29) is 0 Å². The molecule has 1 aliphatic rings. The fraction of sp³-hybridized carbons (Fsp3) is 0.273. The molecule has 2 heterocycles. The van der Waals surface area contributed by atoms with Gasteiger partial charge in [0.2, 0.25) is 5.95 Å². The van der Waals surface area contributed by atoms with Gasteiger partial charge in [-0.2, -0.15) is 4.98 Å². The van der Waals surface area contributed by atoms with Crippen LogP contribution in [-0.4, -0.2) is 23.1 Å². The molecule has 0 saturated carbocycles. The molecule has 1 N–H and O–H groups in total. The Bertz CT molecular complexity index is 876. The quantitative estimate of drug-likeness (QED) is 0.738. The van der Waals surface area contributed by atoms with Gasteiger partial charge in [0.1, 0.15) is 5.82 Å². The second kappa shape index (κ2) is 7.56. The van der Waals surface area contributed by atoms with Crippen molar-refractivity contribution in [1.29, 1.82) is 0 Å². The number of nitrogens with zero attached hydrogens (tertiary/aromatic N) is 3. The highest BCUT2D eigenvalue weighted by atomic mass is 15.3. The lowest BCUT2D eigenvalue weighted by atomic mass is 10.0. The minimum Gasteiger partial charge on any atom is -0.370 e. The number of benzene rings is 2. The first-order valence-corrected chi connectivity index (χ1v) is 9.28. The van der Waals surface area contributed by atoms with Crippen molar-refractivity contribution in [2.45, 2.75) is 26.2 Å². The number of hydrogen-bond donors (Lipinski definition) is 1. The fourth-order valence-electron chi connectivity index (χ4n) is 3.49. The second-order valence-electron chi connectivity index (χ2n) is 6.74. The number of rotatable bonds is 5. The molecule has 0 unspecified atom stereocenters. The van der Waals surface area contributed by atoms with Gasteiger partial charge in [-0.05, 0) is 43.4 Å². The van der Waals surface area contributed by atoms with Crippen LogP contribution >= 0.6 is 0 Å². The Morgan fingerprint density at radius 1 is 1.00 bits per heavy atom. The minimum atomic E-state index is 0.791. The maximum Gasteiger partial charge on any atom is 0.232 e. The summed E-state index contributed by atoms with van der Waals surface area (Å²) in [5.41, 5.74) is 4.93. The third-order valence-corrected chi connectivity index (χ3v) is 4.76. The Morgan fingerprint density at radius 2 is 1.81 bits per heavy atom. The lowest BCUT2D eigenvalue weighted by Crippen LogP contribution is -2.26. The summed E-state index contributed by atoms with van der Waals surface area (Å²) in [6.07, 6.45) is 3.23. The van der Waals surface area contributed by atoms with Crippen molar-refractivity contribution in [1.82, 2.24) is 9.97 Å². The predicted octanol–water partition coefficient (Wildman–Crippen LogP) is 4.52. The Labute approximate surface area is 154 Å².